The van der Waals surface area contributed by atoms with Gasteiger partial charge in [-0.3, -0.25) is 9.59 Å². The molecule has 0 aliphatic heterocycles. The molecule has 0 rings (SSSR count). The van der Waals surface area contributed by atoms with Crippen molar-refractivity contribution in [1.82, 2.24) is 10.2 Å². The van der Waals surface area contributed by atoms with E-state index in [1.807, 2.05) is 20.8 Å². The van der Waals surface area contributed by atoms with Gasteiger partial charge in [-0.2, -0.15) is 0 Å². The van der Waals surface area contributed by atoms with Gasteiger partial charge < -0.3 is 20.1 Å². The van der Waals surface area contributed by atoms with Crippen molar-refractivity contribution in [1.29, 1.82) is 0 Å². The van der Waals surface area contributed by atoms with Gasteiger partial charge in [0.15, 0.2) is 0 Å². The lowest BCUT2D eigenvalue weighted by Gasteiger charge is -2.24. The lowest BCUT2D eigenvalue weighted by Crippen LogP contribution is -2.35. The second-order valence-corrected chi connectivity index (χ2v) is 8.85. The van der Waals surface area contributed by atoms with Crippen LogP contribution in [0.2, 0.25) is 0 Å². The molecule has 0 radical (unpaired) electrons. The maximum absolute atomic E-state index is 11.7. The topological polar surface area (TPSA) is 95.9 Å². The Morgan fingerprint density at radius 3 is 2.33 bits per heavy atom. The molecule has 0 aromatic heterocycles. The number of amides is 2. The number of carboxylic acid groups (broad SMARTS) is 1. The minimum absolute atomic E-state index is 0.0521. The van der Waals surface area contributed by atoms with Crippen LogP contribution in [-0.2, 0) is 14.3 Å². The molecule has 7 nitrogen and oxygen atoms in total. The monoisotopic (exact) mass is 380 g/mol. The van der Waals surface area contributed by atoms with E-state index in [-0.39, 0.29) is 12.3 Å². The minimum Gasteiger partial charge on any atom is -0.481 e. The number of hydrogen-bond donors (Lipinski definition) is 2. The smallest absolute Gasteiger partial charge is 0.410 e. The highest BCUT2D eigenvalue weighted by atomic mass is 33.1. The van der Waals surface area contributed by atoms with Gasteiger partial charge in [0.05, 0.1) is 6.42 Å². The molecule has 0 aliphatic rings. The molecule has 0 heterocycles. The standard InChI is InChI=1S/C15H28N2O5S2/c1-15(2,3)22-14(21)17(4)9-5-6-12(18)16-8-11-24-23-10-7-13(19)20/h5-11H2,1-4H3,(H,16,18)(H,19,20). The van der Waals surface area contributed by atoms with Gasteiger partial charge in [-0.15, -0.1) is 0 Å². The molecule has 0 aromatic carbocycles. The molecule has 140 valence electrons. The van der Waals surface area contributed by atoms with E-state index < -0.39 is 17.7 Å². The summed E-state index contributed by atoms with van der Waals surface area (Å²) in [7, 11) is 4.68. The molecule has 0 saturated carbocycles. The predicted molar refractivity (Wildman–Crippen MR) is 98.3 cm³/mol. The third-order valence-corrected chi connectivity index (χ3v) is 5.00. The van der Waals surface area contributed by atoms with Gasteiger partial charge in [-0.25, -0.2) is 4.79 Å². The van der Waals surface area contributed by atoms with Crippen molar-refractivity contribution in [2.24, 2.45) is 0 Å². The van der Waals surface area contributed by atoms with Crippen molar-refractivity contribution < 1.29 is 24.2 Å². The molecule has 0 bridgehead atoms. The molecule has 0 fully saturated rings. The quantitative estimate of drug-likeness (QED) is 0.420. The summed E-state index contributed by atoms with van der Waals surface area (Å²) in [6, 6.07) is 0. The number of ether oxygens (including phenoxy) is 1. The lowest BCUT2D eigenvalue weighted by molar-refractivity contribution is -0.136. The van der Waals surface area contributed by atoms with Gasteiger partial charge in [-0.1, -0.05) is 21.6 Å². The fourth-order valence-corrected chi connectivity index (χ4v) is 3.36. The Morgan fingerprint density at radius 1 is 1.12 bits per heavy atom. The first kappa shape index (κ1) is 22.9. The van der Waals surface area contributed by atoms with Crippen LogP contribution in [0.5, 0.6) is 0 Å². The Labute approximate surface area is 151 Å². The van der Waals surface area contributed by atoms with Crippen molar-refractivity contribution in [3.8, 4) is 0 Å². The predicted octanol–water partition coefficient (Wildman–Crippen LogP) is 2.61. The van der Waals surface area contributed by atoms with Crippen molar-refractivity contribution in [3.05, 3.63) is 0 Å². The first-order valence-electron chi connectivity index (χ1n) is 7.79. The summed E-state index contributed by atoms with van der Waals surface area (Å²) in [5.41, 5.74) is -0.525. The fraction of sp³-hybridized carbons (Fsp3) is 0.800. The molecule has 2 N–H and O–H groups in total. The van der Waals surface area contributed by atoms with Gasteiger partial charge in [0.25, 0.3) is 0 Å². The van der Waals surface area contributed by atoms with Crippen LogP contribution in [0.3, 0.4) is 0 Å². The molecular formula is C15H28N2O5S2. The Bertz CT molecular complexity index is 413. The summed E-state index contributed by atoms with van der Waals surface area (Å²) in [6.07, 6.45) is 0.680. The van der Waals surface area contributed by atoms with Crippen LogP contribution >= 0.6 is 21.6 Å². The third-order valence-electron chi connectivity index (χ3n) is 2.59. The van der Waals surface area contributed by atoms with Crippen LogP contribution in [0, 0.1) is 0 Å². The molecule has 24 heavy (non-hydrogen) atoms. The van der Waals surface area contributed by atoms with Crippen LogP contribution in [0.25, 0.3) is 0 Å². The van der Waals surface area contributed by atoms with Crippen LogP contribution in [0.1, 0.15) is 40.0 Å². The van der Waals surface area contributed by atoms with Gasteiger partial charge in [0.1, 0.15) is 5.60 Å². The van der Waals surface area contributed by atoms with Crippen molar-refractivity contribution >= 4 is 39.6 Å². The maximum Gasteiger partial charge on any atom is 0.410 e. The Balaban J connectivity index is 3.62. The maximum atomic E-state index is 11.7. The first-order chi connectivity index (χ1) is 11.1. The van der Waals surface area contributed by atoms with Gasteiger partial charge in [0.2, 0.25) is 5.91 Å². The first-order valence-corrected chi connectivity index (χ1v) is 10.3. The molecule has 9 heteroatoms. The minimum atomic E-state index is -0.798. The normalized spacial score (nSPS) is 11.0. The number of carbonyl (C=O) groups is 3. The molecule has 0 aliphatic carbocycles. The van der Waals surface area contributed by atoms with Crippen LogP contribution in [-0.4, -0.2) is 65.2 Å². The second kappa shape index (κ2) is 12.3. The number of nitrogens with zero attached hydrogens (tertiary/aromatic N) is 1. The summed E-state index contributed by atoms with van der Waals surface area (Å²) < 4.78 is 5.23. The number of carboxylic acids is 1. The van der Waals surface area contributed by atoms with Gasteiger partial charge >= 0.3 is 12.1 Å². The van der Waals surface area contributed by atoms with E-state index in [9.17, 15) is 14.4 Å². The van der Waals surface area contributed by atoms with Crippen molar-refractivity contribution in [2.75, 3.05) is 31.6 Å². The zero-order valence-corrected chi connectivity index (χ0v) is 16.4. The van der Waals surface area contributed by atoms with Crippen LogP contribution < -0.4 is 5.32 Å². The molecule has 0 spiro atoms. The van der Waals surface area contributed by atoms with E-state index in [2.05, 4.69) is 5.32 Å². The molecule has 2 amide bonds. The molecule has 0 aromatic rings. The molecule has 0 unspecified atom stereocenters. The highest BCUT2D eigenvalue weighted by Crippen LogP contribution is 2.20. The SMILES string of the molecule is CN(CCCC(=O)NCCSSCCC(=O)O)C(=O)OC(C)(C)C. The van der Waals surface area contributed by atoms with E-state index in [1.165, 1.54) is 15.7 Å². The summed E-state index contributed by atoms with van der Waals surface area (Å²) in [5.74, 6) is 0.440. The van der Waals surface area contributed by atoms with Crippen molar-refractivity contribution in [2.45, 2.75) is 45.6 Å². The highest BCUT2D eigenvalue weighted by molar-refractivity contribution is 8.76. The largest absolute Gasteiger partial charge is 0.481 e. The highest BCUT2D eigenvalue weighted by Gasteiger charge is 2.19. The second-order valence-electron chi connectivity index (χ2n) is 6.14. The van der Waals surface area contributed by atoms with E-state index >= 15 is 0 Å². The van der Waals surface area contributed by atoms with Crippen molar-refractivity contribution in [3.63, 3.8) is 0 Å². The van der Waals surface area contributed by atoms with E-state index in [0.29, 0.717) is 31.7 Å². The summed E-state index contributed by atoms with van der Waals surface area (Å²) in [6.45, 7) is 6.44. The number of rotatable bonds is 11. The zero-order valence-electron chi connectivity index (χ0n) is 14.8. The number of aliphatic carboxylic acids is 1. The van der Waals surface area contributed by atoms with Gasteiger partial charge in [0, 0.05) is 38.1 Å². The summed E-state index contributed by atoms with van der Waals surface area (Å²) in [5, 5.41) is 11.3. The molecule has 0 saturated heterocycles. The summed E-state index contributed by atoms with van der Waals surface area (Å²) >= 11 is 0. The Kier molecular flexibility index (Phi) is 11.7. The number of hydrogen-bond acceptors (Lipinski definition) is 6. The Morgan fingerprint density at radius 2 is 1.75 bits per heavy atom. The Hall–Kier alpha value is -1.09. The fourth-order valence-electron chi connectivity index (χ4n) is 1.48. The number of carbonyl (C=O) groups excluding carboxylic acids is 2. The zero-order chi connectivity index (χ0) is 18.6. The summed E-state index contributed by atoms with van der Waals surface area (Å²) in [4.78, 5) is 35.2. The van der Waals surface area contributed by atoms with E-state index in [0.717, 1.165) is 5.75 Å². The number of nitrogens with one attached hydrogen (secondary N) is 1. The van der Waals surface area contributed by atoms with Crippen LogP contribution in [0.15, 0.2) is 0 Å². The third kappa shape index (κ3) is 14.5. The average molecular weight is 381 g/mol. The van der Waals surface area contributed by atoms with E-state index in [1.54, 1.807) is 17.8 Å². The average Bonchev–Trinajstić information content (AvgIpc) is 2.43. The van der Waals surface area contributed by atoms with Crippen LogP contribution in [0.4, 0.5) is 4.79 Å². The lowest BCUT2D eigenvalue weighted by atomic mass is 10.2. The van der Waals surface area contributed by atoms with E-state index in [4.69, 9.17) is 9.84 Å². The molecule has 0 atom stereocenters. The van der Waals surface area contributed by atoms with Gasteiger partial charge in [-0.05, 0) is 27.2 Å². The molecular weight excluding hydrogens is 352 g/mol.